The lowest BCUT2D eigenvalue weighted by atomic mass is 10.2. The van der Waals surface area contributed by atoms with E-state index in [-0.39, 0.29) is 0 Å². The van der Waals surface area contributed by atoms with Gasteiger partial charge in [0.2, 0.25) is 0 Å². The normalized spacial score (nSPS) is 10.7. The van der Waals surface area contributed by atoms with Gasteiger partial charge in [0.25, 0.3) is 0 Å². The number of benzene rings is 3. The van der Waals surface area contributed by atoms with Crippen LogP contribution in [-0.2, 0) is 11.5 Å². The van der Waals surface area contributed by atoms with Crippen molar-refractivity contribution in [2.75, 3.05) is 0 Å². The van der Waals surface area contributed by atoms with Gasteiger partial charge in [-0.3, -0.25) is 0 Å². The van der Waals surface area contributed by atoms with Crippen molar-refractivity contribution in [2.45, 2.75) is 21.3 Å². The van der Waals surface area contributed by atoms with E-state index < -0.39 is 0 Å². The molecule has 0 fully saturated rings. The Morgan fingerprint density at radius 1 is 0.609 bits per heavy atom. The first-order chi connectivity index (χ1) is 11.3. The first kappa shape index (κ1) is 16.2. The van der Waals surface area contributed by atoms with Crippen LogP contribution in [-0.4, -0.2) is 0 Å². The zero-order valence-electron chi connectivity index (χ0n) is 12.9. The van der Waals surface area contributed by atoms with Gasteiger partial charge in [-0.2, -0.15) is 0 Å². The molecule has 0 aliphatic carbocycles. The fourth-order valence-electron chi connectivity index (χ4n) is 2.30. The highest BCUT2D eigenvalue weighted by molar-refractivity contribution is 8.01. The summed E-state index contributed by atoms with van der Waals surface area (Å²) >= 11 is 3.77. The van der Waals surface area contributed by atoms with Crippen LogP contribution in [0.15, 0.2) is 88.7 Å². The Kier molecular flexibility index (Phi) is 5.84. The van der Waals surface area contributed by atoms with Crippen molar-refractivity contribution in [1.29, 1.82) is 0 Å². The smallest absolute Gasteiger partial charge is 0.0244 e. The number of hydrogen-bond acceptors (Lipinski definition) is 2. The minimum absolute atomic E-state index is 0.978. The molecule has 0 amide bonds. The van der Waals surface area contributed by atoms with Gasteiger partial charge in [-0.15, -0.1) is 23.5 Å². The zero-order chi connectivity index (χ0) is 15.9. The quantitative estimate of drug-likeness (QED) is 0.474. The second-order valence-electron chi connectivity index (χ2n) is 5.29. The van der Waals surface area contributed by atoms with Crippen molar-refractivity contribution in [2.24, 2.45) is 0 Å². The van der Waals surface area contributed by atoms with Gasteiger partial charge < -0.3 is 0 Å². The molecule has 3 rings (SSSR count). The van der Waals surface area contributed by atoms with Gasteiger partial charge in [0.05, 0.1) is 0 Å². The molecule has 3 aromatic rings. The van der Waals surface area contributed by atoms with E-state index in [0.29, 0.717) is 0 Å². The highest BCUT2D eigenvalue weighted by Gasteiger charge is 2.08. The summed E-state index contributed by atoms with van der Waals surface area (Å²) in [6, 6.07) is 27.6. The second-order valence-corrected chi connectivity index (χ2v) is 7.30. The topological polar surface area (TPSA) is 0 Å². The van der Waals surface area contributed by atoms with Gasteiger partial charge in [-0.05, 0) is 29.7 Å². The van der Waals surface area contributed by atoms with E-state index in [2.05, 4.69) is 85.8 Å². The van der Waals surface area contributed by atoms with E-state index in [1.54, 1.807) is 0 Å². The van der Waals surface area contributed by atoms with Crippen LogP contribution >= 0.6 is 23.5 Å². The zero-order valence-corrected chi connectivity index (χ0v) is 14.6. The van der Waals surface area contributed by atoms with Gasteiger partial charge in [-0.1, -0.05) is 72.8 Å². The van der Waals surface area contributed by atoms with Crippen molar-refractivity contribution in [3.8, 4) is 0 Å². The average molecular weight is 336 g/mol. The summed E-state index contributed by atoms with van der Waals surface area (Å²) in [6.45, 7) is 4.21. The summed E-state index contributed by atoms with van der Waals surface area (Å²) in [5.41, 5.74) is 3.81. The second kappa shape index (κ2) is 8.28. The predicted molar refractivity (Wildman–Crippen MR) is 103 cm³/mol. The lowest BCUT2D eigenvalue weighted by Gasteiger charge is -2.12. The molecule has 2 heteroatoms. The third kappa shape index (κ3) is 4.66. The lowest BCUT2D eigenvalue weighted by molar-refractivity contribution is 1.20. The van der Waals surface area contributed by atoms with Gasteiger partial charge >= 0.3 is 0 Å². The molecule has 0 saturated carbocycles. The molecule has 0 spiro atoms. The van der Waals surface area contributed by atoms with Crippen LogP contribution in [0.3, 0.4) is 0 Å². The largest absolute Gasteiger partial charge is 0.120 e. The maximum atomic E-state index is 4.21. The van der Waals surface area contributed by atoms with Crippen LogP contribution in [0.25, 0.3) is 0 Å². The molecule has 0 bridgehead atoms. The first-order valence-electron chi connectivity index (χ1n) is 7.61. The van der Waals surface area contributed by atoms with E-state index in [4.69, 9.17) is 0 Å². The fraction of sp³-hybridized carbons (Fsp3) is 0.0952. The molecule has 0 unspecified atom stereocenters. The van der Waals surface area contributed by atoms with Crippen LogP contribution in [0.4, 0.5) is 0 Å². The molecule has 1 radical (unpaired) electrons. The van der Waals surface area contributed by atoms with Crippen molar-refractivity contribution in [3.05, 3.63) is 102 Å². The summed E-state index contributed by atoms with van der Waals surface area (Å²) in [4.78, 5) is 2.62. The molecule has 0 atom stereocenters. The lowest BCUT2D eigenvalue weighted by Crippen LogP contribution is -1.87. The average Bonchev–Trinajstić information content (AvgIpc) is 2.61. The highest BCUT2D eigenvalue weighted by atomic mass is 32.2. The monoisotopic (exact) mass is 335 g/mol. The van der Waals surface area contributed by atoms with Crippen LogP contribution in [0.2, 0.25) is 0 Å². The van der Waals surface area contributed by atoms with Crippen molar-refractivity contribution in [3.63, 3.8) is 0 Å². The Morgan fingerprint density at radius 3 is 1.78 bits per heavy atom. The van der Waals surface area contributed by atoms with E-state index in [9.17, 15) is 0 Å². The Morgan fingerprint density at radius 2 is 1.17 bits per heavy atom. The predicted octanol–water partition coefficient (Wildman–Crippen LogP) is 6.45. The van der Waals surface area contributed by atoms with Crippen LogP contribution in [0, 0.1) is 6.92 Å². The summed E-state index contributed by atoms with van der Waals surface area (Å²) in [6.07, 6.45) is 0. The SMILES string of the molecule is [CH2]c1cccc(SCc2ccccc2)c1SCc1ccccc1. The van der Waals surface area contributed by atoms with Crippen molar-refractivity contribution in [1.82, 2.24) is 0 Å². The van der Waals surface area contributed by atoms with Gasteiger partial charge in [0.1, 0.15) is 0 Å². The molecular formula is C21H19S2. The highest BCUT2D eigenvalue weighted by Crippen LogP contribution is 2.36. The summed E-state index contributed by atoms with van der Waals surface area (Å²) in [5, 5.41) is 0. The molecule has 0 saturated heterocycles. The van der Waals surface area contributed by atoms with Gasteiger partial charge in [-0.25, -0.2) is 0 Å². The Labute approximate surface area is 147 Å². The van der Waals surface area contributed by atoms with Gasteiger partial charge in [0.15, 0.2) is 0 Å². The van der Waals surface area contributed by atoms with Gasteiger partial charge in [0, 0.05) is 21.3 Å². The molecule has 0 N–H and O–H groups in total. The molecule has 0 aliphatic heterocycles. The van der Waals surface area contributed by atoms with Crippen LogP contribution in [0.1, 0.15) is 16.7 Å². The van der Waals surface area contributed by atoms with E-state index in [1.807, 2.05) is 23.5 Å². The number of thioether (sulfide) groups is 2. The minimum Gasteiger partial charge on any atom is -0.120 e. The summed E-state index contributed by atoms with van der Waals surface area (Å²) in [5.74, 6) is 1.97. The molecule has 23 heavy (non-hydrogen) atoms. The van der Waals surface area contributed by atoms with Crippen LogP contribution in [0.5, 0.6) is 0 Å². The molecule has 3 aromatic carbocycles. The molecular weight excluding hydrogens is 316 g/mol. The molecule has 0 heterocycles. The fourth-order valence-corrected chi connectivity index (χ4v) is 4.58. The standard InChI is InChI=1S/C21H19S2/c1-17-9-8-14-20(22-15-18-10-4-2-5-11-18)21(17)23-16-19-12-6-3-7-13-19/h2-14H,1,15-16H2. The molecule has 115 valence electrons. The Bertz CT molecular complexity index is 736. The van der Waals surface area contributed by atoms with Crippen molar-refractivity contribution < 1.29 is 0 Å². The third-order valence-corrected chi connectivity index (χ3v) is 6.03. The van der Waals surface area contributed by atoms with E-state index >= 15 is 0 Å². The van der Waals surface area contributed by atoms with E-state index in [0.717, 1.165) is 17.1 Å². The first-order valence-corrected chi connectivity index (χ1v) is 9.58. The maximum absolute atomic E-state index is 4.21. The number of hydrogen-bond donors (Lipinski definition) is 0. The molecule has 0 aromatic heterocycles. The summed E-state index contributed by atoms with van der Waals surface area (Å²) < 4.78 is 0. The Hall–Kier alpha value is -1.64. The third-order valence-electron chi connectivity index (χ3n) is 3.52. The van der Waals surface area contributed by atoms with Crippen LogP contribution < -0.4 is 0 Å². The van der Waals surface area contributed by atoms with E-state index in [1.165, 1.54) is 20.9 Å². The molecule has 0 aliphatic rings. The number of rotatable bonds is 6. The summed E-state index contributed by atoms with van der Waals surface area (Å²) in [7, 11) is 0. The minimum atomic E-state index is 0.978. The Balaban J connectivity index is 1.71. The van der Waals surface area contributed by atoms with Crippen molar-refractivity contribution >= 4 is 23.5 Å². The maximum Gasteiger partial charge on any atom is 0.0244 e. The molecule has 0 nitrogen and oxygen atoms in total.